The van der Waals surface area contributed by atoms with Crippen LogP contribution in [0.15, 0.2) is 77.9 Å². The van der Waals surface area contributed by atoms with E-state index in [2.05, 4.69) is 10.1 Å². The van der Waals surface area contributed by atoms with Crippen molar-refractivity contribution in [2.75, 3.05) is 12.1 Å². The Hall–Kier alpha value is -3.51. The van der Waals surface area contributed by atoms with E-state index in [4.69, 9.17) is 4.74 Å². The number of carbonyl (C=O) groups excluding carboxylic acids is 1. The van der Waals surface area contributed by atoms with Crippen molar-refractivity contribution in [2.45, 2.75) is 6.92 Å². The van der Waals surface area contributed by atoms with Gasteiger partial charge >= 0.3 is 0 Å². The van der Waals surface area contributed by atoms with Crippen LogP contribution in [-0.2, 0) is 0 Å². The molecule has 0 N–H and O–H groups in total. The fourth-order valence-corrected chi connectivity index (χ4v) is 3.73. The van der Waals surface area contributed by atoms with Crippen LogP contribution in [0.2, 0.25) is 0 Å². The fourth-order valence-electron chi connectivity index (χ4n) is 2.78. The summed E-state index contributed by atoms with van der Waals surface area (Å²) in [5, 5.41) is 6.34. The fraction of sp³-hybridized carbons (Fsp3) is 0.0870. The summed E-state index contributed by atoms with van der Waals surface area (Å²) in [7, 11) is 1.63. The number of ether oxygens (including phenoxy) is 1. The Morgan fingerprint density at radius 3 is 2.55 bits per heavy atom. The minimum atomic E-state index is -0.233. The van der Waals surface area contributed by atoms with E-state index >= 15 is 0 Å². The number of rotatable bonds is 5. The highest BCUT2D eigenvalue weighted by molar-refractivity contribution is 7.22. The molecule has 1 amide bonds. The zero-order valence-corrected chi connectivity index (χ0v) is 16.9. The van der Waals surface area contributed by atoms with Gasteiger partial charge in [-0.15, -0.1) is 0 Å². The summed E-state index contributed by atoms with van der Waals surface area (Å²) >= 11 is 1.40. The highest BCUT2D eigenvalue weighted by Crippen LogP contribution is 2.32. The van der Waals surface area contributed by atoms with E-state index in [1.807, 2.05) is 67.6 Å². The van der Waals surface area contributed by atoms with Gasteiger partial charge in [-0.3, -0.25) is 4.79 Å². The number of aryl methyl sites for hydroxylation is 1. The Kier molecular flexibility index (Phi) is 5.35. The largest absolute Gasteiger partial charge is 0.497 e. The number of nitrogens with zero attached hydrogens (tertiary/aromatic N) is 3. The molecule has 0 aliphatic rings. The molecule has 0 fully saturated rings. The van der Waals surface area contributed by atoms with Crippen LogP contribution < -0.4 is 9.75 Å². The van der Waals surface area contributed by atoms with E-state index in [1.54, 1.807) is 25.5 Å². The zero-order valence-electron chi connectivity index (χ0n) is 16.1. The zero-order chi connectivity index (χ0) is 20.2. The third kappa shape index (κ3) is 4.17. The lowest BCUT2D eigenvalue weighted by molar-refractivity contribution is 0.0988. The molecule has 3 aromatic carbocycles. The van der Waals surface area contributed by atoms with Gasteiger partial charge in [0.15, 0.2) is 0 Å². The molecule has 5 nitrogen and oxygen atoms in total. The maximum absolute atomic E-state index is 13.2. The Labute approximate surface area is 172 Å². The highest BCUT2D eigenvalue weighted by atomic mass is 32.1. The molecule has 1 aromatic heterocycles. The molecule has 0 bridgehead atoms. The quantitative estimate of drug-likeness (QED) is 0.337. The lowest BCUT2D eigenvalue weighted by Gasteiger charge is -2.14. The normalized spacial score (nSPS) is 11.1. The molecule has 4 aromatic rings. The van der Waals surface area contributed by atoms with Gasteiger partial charge in [0.25, 0.3) is 5.91 Å². The third-order valence-corrected chi connectivity index (χ3v) is 5.37. The number of hydrogen-bond acceptors (Lipinski definition) is 5. The van der Waals surface area contributed by atoms with E-state index in [0.29, 0.717) is 10.7 Å². The predicted molar refractivity (Wildman–Crippen MR) is 118 cm³/mol. The highest BCUT2D eigenvalue weighted by Gasteiger charge is 2.21. The van der Waals surface area contributed by atoms with Gasteiger partial charge in [0, 0.05) is 5.56 Å². The van der Waals surface area contributed by atoms with Crippen molar-refractivity contribution >= 4 is 38.8 Å². The standard InChI is InChI=1S/C23H19N3O2S/c1-16-8-10-18(11-9-16)22(27)26(24-15-17-6-4-3-5-7-17)23-25-20-13-12-19(28-2)14-21(20)29-23/h3-15H,1-2H3/b24-15+. The molecular formula is C23H19N3O2S. The Bertz CT molecular complexity index is 1170. The van der Waals surface area contributed by atoms with Crippen molar-refractivity contribution < 1.29 is 9.53 Å². The minimum absolute atomic E-state index is 0.233. The molecule has 6 heteroatoms. The lowest BCUT2D eigenvalue weighted by Crippen LogP contribution is -2.25. The first-order valence-corrected chi connectivity index (χ1v) is 9.90. The van der Waals surface area contributed by atoms with Crippen molar-refractivity contribution in [3.63, 3.8) is 0 Å². The molecule has 0 aliphatic carbocycles. The molecule has 0 radical (unpaired) electrons. The molecule has 0 saturated heterocycles. The summed E-state index contributed by atoms with van der Waals surface area (Å²) in [6.45, 7) is 1.99. The number of amides is 1. The van der Waals surface area contributed by atoms with Crippen molar-refractivity contribution in [3.05, 3.63) is 89.5 Å². The second-order valence-electron chi connectivity index (χ2n) is 6.47. The number of fused-ring (bicyclic) bond motifs is 1. The van der Waals surface area contributed by atoms with Crippen molar-refractivity contribution in [3.8, 4) is 5.75 Å². The maximum Gasteiger partial charge on any atom is 0.280 e. The van der Waals surface area contributed by atoms with Crippen molar-refractivity contribution in [1.29, 1.82) is 0 Å². The molecule has 1 heterocycles. The smallest absolute Gasteiger partial charge is 0.280 e. The van der Waals surface area contributed by atoms with Gasteiger partial charge < -0.3 is 4.74 Å². The number of hydrazone groups is 1. The van der Waals surface area contributed by atoms with E-state index in [1.165, 1.54) is 16.3 Å². The van der Waals surface area contributed by atoms with Gasteiger partial charge in [-0.05, 0) is 42.8 Å². The van der Waals surface area contributed by atoms with Crippen LogP contribution in [0.4, 0.5) is 5.13 Å². The van der Waals surface area contributed by atoms with Gasteiger partial charge in [-0.1, -0.05) is 59.4 Å². The first-order chi connectivity index (χ1) is 14.1. The summed E-state index contributed by atoms with van der Waals surface area (Å²) < 4.78 is 6.22. The number of carbonyl (C=O) groups is 1. The summed E-state index contributed by atoms with van der Waals surface area (Å²) in [6.07, 6.45) is 1.67. The Morgan fingerprint density at radius 1 is 1.07 bits per heavy atom. The molecule has 0 aliphatic heterocycles. The summed E-state index contributed by atoms with van der Waals surface area (Å²) in [4.78, 5) is 17.9. The van der Waals surface area contributed by atoms with Crippen LogP contribution in [0.3, 0.4) is 0 Å². The van der Waals surface area contributed by atoms with E-state index in [0.717, 1.165) is 27.1 Å². The number of thiazole rings is 1. The third-order valence-electron chi connectivity index (χ3n) is 4.38. The predicted octanol–water partition coefficient (Wildman–Crippen LogP) is 5.29. The van der Waals surface area contributed by atoms with Crippen molar-refractivity contribution in [1.82, 2.24) is 4.98 Å². The van der Waals surface area contributed by atoms with E-state index < -0.39 is 0 Å². The van der Waals surface area contributed by atoms with Gasteiger partial charge in [0.05, 0.1) is 23.5 Å². The first kappa shape index (κ1) is 18.8. The molecule has 0 atom stereocenters. The monoisotopic (exact) mass is 401 g/mol. The second kappa shape index (κ2) is 8.24. The lowest BCUT2D eigenvalue weighted by atomic mass is 10.1. The average Bonchev–Trinajstić information content (AvgIpc) is 3.17. The molecule has 4 rings (SSSR count). The summed E-state index contributed by atoms with van der Waals surface area (Å²) in [6, 6.07) is 22.7. The summed E-state index contributed by atoms with van der Waals surface area (Å²) in [5.74, 6) is 0.514. The van der Waals surface area contributed by atoms with Crippen LogP contribution in [0.25, 0.3) is 10.2 Å². The number of hydrogen-bond donors (Lipinski definition) is 0. The van der Waals surface area contributed by atoms with Crippen LogP contribution in [-0.4, -0.2) is 24.2 Å². The number of benzene rings is 3. The number of aromatic nitrogens is 1. The maximum atomic E-state index is 13.2. The van der Waals surface area contributed by atoms with Crippen LogP contribution in [0, 0.1) is 6.92 Å². The SMILES string of the molecule is COc1ccc2nc(N(/N=C/c3ccccc3)C(=O)c3ccc(C)cc3)sc2c1. The topological polar surface area (TPSA) is 54.8 Å². The van der Waals surface area contributed by atoms with Crippen molar-refractivity contribution in [2.24, 2.45) is 5.10 Å². The van der Waals surface area contributed by atoms with Gasteiger partial charge in [0.2, 0.25) is 5.13 Å². The summed E-state index contributed by atoms with van der Waals surface area (Å²) in [5.41, 5.74) is 3.34. The van der Waals surface area contributed by atoms with E-state index in [-0.39, 0.29) is 5.91 Å². The minimum Gasteiger partial charge on any atom is -0.497 e. The molecule has 0 unspecified atom stereocenters. The number of methoxy groups -OCH3 is 1. The molecule has 144 valence electrons. The molecule has 0 spiro atoms. The van der Waals surface area contributed by atoms with E-state index in [9.17, 15) is 4.79 Å². The van der Waals surface area contributed by atoms with Crippen LogP contribution in [0.1, 0.15) is 21.5 Å². The molecule has 29 heavy (non-hydrogen) atoms. The number of anilines is 1. The van der Waals surface area contributed by atoms with Gasteiger partial charge in [-0.2, -0.15) is 10.1 Å². The second-order valence-corrected chi connectivity index (χ2v) is 7.48. The van der Waals surface area contributed by atoms with Gasteiger partial charge in [-0.25, -0.2) is 4.98 Å². The van der Waals surface area contributed by atoms with Crippen LogP contribution in [0.5, 0.6) is 5.75 Å². The molecular weight excluding hydrogens is 382 g/mol. The van der Waals surface area contributed by atoms with Gasteiger partial charge in [0.1, 0.15) is 5.75 Å². The first-order valence-electron chi connectivity index (χ1n) is 9.09. The Morgan fingerprint density at radius 2 is 1.83 bits per heavy atom. The Balaban J connectivity index is 1.75. The average molecular weight is 401 g/mol. The van der Waals surface area contributed by atoms with Crippen LogP contribution >= 0.6 is 11.3 Å². The molecule has 0 saturated carbocycles.